The van der Waals surface area contributed by atoms with Crippen LogP contribution < -0.4 is 4.72 Å². The zero-order valence-corrected chi connectivity index (χ0v) is 13.8. The lowest BCUT2D eigenvalue weighted by molar-refractivity contribution is -0.187. The van der Waals surface area contributed by atoms with Crippen LogP contribution in [-0.4, -0.2) is 33.7 Å². The van der Waals surface area contributed by atoms with E-state index in [-0.39, 0.29) is 23.3 Å². The zero-order chi connectivity index (χ0) is 18.0. The molecule has 0 heterocycles. The normalized spacial score (nSPS) is 22.2. The third-order valence-electron chi connectivity index (χ3n) is 4.06. The minimum Gasteiger partial charge on any atom is -0.465 e. The van der Waals surface area contributed by atoms with E-state index in [0.717, 1.165) is 13.2 Å². The molecule has 1 fully saturated rings. The number of benzene rings is 1. The van der Waals surface area contributed by atoms with Crippen molar-refractivity contribution in [3.05, 3.63) is 29.8 Å². The first-order valence-electron chi connectivity index (χ1n) is 7.42. The Morgan fingerprint density at radius 1 is 1.25 bits per heavy atom. The molecule has 1 aliphatic carbocycles. The first-order chi connectivity index (χ1) is 11.1. The molecule has 0 bridgehead atoms. The van der Waals surface area contributed by atoms with E-state index < -0.39 is 34.1 Å². The van der Waals surface area contributed by atoms with E-state index in [0.29, 0.717) is 12.8 Å². The highest BCUT2D eigenvalue weighted by atomic mass is 32.2. The molecule has 2 atom stereocenters. The van der Waals surface area contributed by atoms with E-state index in [1.807, 2.05) is 0 Å². The van der Waals surface area contributed by atoms with Crippen LogP contribution in [0.3, 0.4) is 0 Å². The van der Waals surface area contributed by atoms with Crippen molar-refractivity contribution in [2.75, 3.05) is 7.11 Å². The SMILES string of the molecule is COC(=O)c1cccc(S(=O)(=O)N[C@H]2CCCC[C@H]2C(F)(F)F)c1. The van der Waals surface area contributed by atoms with Gasteiger partial charge in [-0.2, -0.15) is 13.2 Å². The number of carbonyl (C=O) groups excluding carboxylic acids is 1. The van der Waals surface area contributed by atoms with Crippen LogP contribution in [-0.2, 0) is 14.8 Å². The fourth-order valence-corrected chi connectivity index (χ4v) is 4.20. The number of ether oxygens (including phenoxy) is 1. The number of hydrogen-bond acceptors (Lipinski definition) is 4. The predicted molar refractivity (Wildman–Crippen MR) is 79.9 cm³/mol. The summed E-state index contributed by atoms with van der Waals surface area (Å²) in [4.78, 5) is 11.2. The average molecular weight is 365 g/mol. The first-order valence-corrected chi connectivity index (χ1v) is 8.91. The summed E-state index contributed by atoms with van der Waals surface area (Å²) in [7, 11) is -3.02. The van der Waals surface area contributed by atoms with Crippen molar-refractivity contribution in [1.29, 1.82) is 0 Å². The summed E-state index contributed by atoms with van der Waals surface area (Å²) in [6.07, 6.45) is -3.48. The predicted octanol–water partition coefficient (Wildman–Crippen LogP) is 2.87. The Morgan fingerprint density at radius 3 is 2.54 bits per heavy atom. The molecular weight excluding hydrogens is 347 g/mol. The van der Waals surface area contributed by atoms with Crippen molar-refractivity contribution in [3.8, 4) is 0 Å². The van der Waals surface area contributed by atoms with Gasteiger partial charge in [-0.25, -0.2) is 17.9 Å². The molecular formula is C15H18F3NO4S. The van der Waals surface area contributed by atoms with Gasteiger partial charge in [0.1, 0.15) is 0 Å². The Labute approximate surface area is 138 Å². The number of halogens is 3. The highest BCUT2D eigenvalue weighted by molar-refractivity contribution is 7.89. The molecule has 0 saturated heterocycles. The molecule has 0 aromatic heterocycles. The third-order valence-corrected chi connectivity index (χ3v) is 5.55. The van der Waals surface area contributed by atoms with Crippen molar-refractivity contribution in [3.63, 3.8) is 0 Å². The number of sulfonamides is 1. The lowest BCUT2D eigenvalue weighted by Gasteiger charge is -2.33. The second-order valence-corrected chi connectivity index (χ2v) is 7.39. The van der Waals surface area contributed by atoms with Crippen molar-refractivity contribution in [2.45, 2.75) is 42.8 Å². The fraction of sp³-hybridized carbons (Fsp3) is 0.533. The number of alkyl halides is 3. The van der Waals surface area contributed by atoms with Gasteiger partial charge in [-0.3, -0.25) is 0 Å². The van der Waals surface area contributed by atoms with Crippen molar-refractivity contribution in [1.82, 2.24) is 4.72 Å². The molecule has 24 heavy (non-hydrogen) atoms. The van der Waals surface area contributed by atoms with Gasteiger partial charge in [0.05, 0.1) is 23.5 Å². The van der Waals surface area contributed by atoms with Crippen LogP contribution in [0.2, 0.25) is 0 Å². The topological polar surface area (TPSA) is 72.5 Å². The largest absolute Gasteiger partial charge is 0.465 e. The molecule has 5 nitrogen and oxygen atoms in total. The van der Waals surface area contributed by atoms with Crippen molar-refractivity contribution in [2.24, 2.45) is 5.92 Å². The lowest BCUT2D eigenvalue weighted by Crippen LogP contribution is -2.47. The molecule has 9 heteroatoms. The zero-order valence-electron chi connectivity index (χ0n) is 13.0. The van der Waals surface area contributed by atoms with Gasteiger partial charge in [-0.1, -0.05) is 18.9 Å². The number of nitrogens with one attached hydrogen (secondary N) is 1. The van der Waals surface area contributed by atoms with Gasteiger partial charge in [-0.05, 0) is 31.0 Å². The number of methoxy groups -OCH3 is 1. The number of hydrogen-bond donors (Lipinski definition) is 1. The number of rotatable bonds is 4. The van der Waals surface area contributed by atoms with Gasteiger partial charge in [0.25, 0.3) is 0 Å². The Kier molecular flexibility index (Phi) is 5.54. The summed E-state index contributed by atoms with van der Waals surface area (Å²) in [5, 5.41) is 0. The molecule has 0 radical (unpaired) electrons. The standard InChI is InChI=1S/C15H18F3NO4S/c1-23-14(20)10-5-4-6-11(9-10)24(21,22)19-13-8-3-2-7-12(13)15(16,17)18/h4-6,9,12-13,19H,2-3,7-8H2,1H3/t12-,13+/m1/s1. The van der Waals surface area contributed by atoms with Crippen molar-refractivity contribution < 1.29 is 31.1 Å². The molecule has 0 amide bonds. The van der Waals surface area contributed by atoms with Gasteiger partial charge < -0.3 is 4.74 Å². The van der Waals surface area contributed by atoms with E-state index in [1.54, 1.807) is 0 Å². The molecule has 1 N–H and O–H groups in total. The summed E-state index contributed by atoms with van der Waals surface area (Å²) >= 11 is 0. The van der Waals surface area contributed by atoms with E-state index in [1.165, 1.54) is 18.2 Å². The molecule has 1 aromatic rings. The molecule has 0 aliphatic heterocycles. The first kappa shape index (κ1) is 18.7. The Balaban J connectivity index is 2.26. The quantitative estimate of drug-likeness (QED) is 0.833. The van der Waals surface area contributed by atoms with Gasteiger partial charge in [0, 0.05) is 6.04 Å². The van der Waals surface area contributed by atoms with E-state index in [4.69, 9.17) is 0 Å². The van der Waals surface area contributed by atoms with Crippen LogP contribution in [0, 0.1) is 5.92 Å². The summed E-state index contributed by atoms with van der Waals surface area (Å²) in [6.45, 7) is 0. The average Bonchev–Trinajstić information content (AvgIpc) is 2.53. The van der Waals surface area contributed by atoms with Crippen molar-refractivity contribution >= 4 is 16.0 Å². The summed E-state index contributed by atoms with van der Waals surface area (Å²) in [5.74, 6) is -2.43. The van der Waals surface area contributed by atoms with Crippen LogP contribution in [0.25, 0.3) is 0 Å². The second kappa shape index (κ2) is 7.10. The molecule has 2 rings (SSSR count). The smallest absolute Gasteiger partial charge is 0.393 e. The third kappa shape index (κ3) is 4.27. The maximum absolute atomic E-state index is 13.1. The monoisotopic (exact) mass is 365 g/mol. The van der Waals surface area contributed by atoms with E-state index in [2.05, 4.69) is 9.46 Å². The van der Waals surface area contributed by atoms with Crippen LogP contribution in [0.1, 0.15) is 36.0 Å². The van der Waals surface area contributed by atoms with Crippen LogP contribution >= 0.6 is 0 Å². The van der Waals surface area contributed by atoms with E-state index in [9.17, 15) is 26.4 Å². The number of esters is 1. The van der Waals surface area contributed by atoms with Crippen LogP contribution in [0.4, 0.5) is 13.2 Å². The van der Waals surface area contributed by atoms with Gasteiger partial charge in [0.2, 0.25) is 10.0 Å². The van der Waals surface area contributed by atoms with Crippen LogP contribution in [0.15, 0.2) is 29.2 Å². The minimum atomic E-state index is -4.46. The molecule has 0 unspecified atom stereocenters. The minimum absolute atomic E-state index is 0.0105. The molecule has 1 saturated carbocycles. The highest BCUT2D eigenvalue weighted by Gasteiger charge is 2.46. The van der Waals surface area contributed by atoms with Gasteiger partial charge >= 0.3 is 12.1 Å². The maximum atomic E-state index is 13.1. The fourth-order valence-electron chi connectivity index (χ4n) is 2.84. The van der Waals surface area contributed by atoms with Gasteiger partial charge in [-0.15, -0.1) is 0 Å². The maximum Gasteiger partial charge on any atom is 0.393 e. The Hall–Kier alpha value is -1.61. The highest BCUT2D eigenvalue weighted by Crippen LogP contribution is 2.38. The van der Waals surface area contributed by atoms with Crippen LogP contribution in [0.5, 0.6) is 0 Å². The second-order valence-electron chi connectivity index (χ2n) is 5.68. The molecule has 1 aliphatic rings. The molecule has 0 spiro atoms. The lowest BCUT2D eigenvalue weighted by atomic mass is 9.85. The Bertz CT molecular complexity index is 703. The van der Waals surface area contributed by atoms with E-state index >= 15 is 0 Å². The summed E-state index contributed by atoms with van der Waals surface area (Å²) in [5.41, 5.74) is 0.0105. The van der Waals surface area contributed by atoms with Gasteiger partial charge in [0.15, 0.2) is 0 Å². The molecule has 134 valence electrons. The summed E-state index contributed by atoms with van der Waals surface area (Å²) < 4.78 is 70.7. The molecule has 1 aromatic carbocycles. The Morgan fingerprint density at radius 2 is 1.92 bits per heavy atom. The number of carbonyl (C=O) groups is 1. The summed E-state index contributed by atoms with van der Waals surface area (Å²) in [6, 6.07) is 3.80.